The zero-order valence-corrected chi connectivity index (χ0v) is 10.1. The van der Waals surface area contributed by atoms with Gasteiger partial charge in [-0.1, -0.05) is 6.92 Å². The summed E-state index contributed by atoms with van der Waals surface area (Å²) in [6, 6.07) is 1.94. The van der Waals surface area contributed by atoms with Crippen molar-refractivity contribution in [1.82, 2.24) is 20.2 Å². The molecule has 7 heteroatoms. The van der Waals surface area contributed by atoms with Crippen LogP contribution < -0.4 is 0 Å². The molecule has 1 unspecified atom stereocenters. The second-order valence-electron chi connectivity index (χ2n) is 3.90. The molecule has 0 aliphatic carbocycles. The van der Waals surface area contributed by atoms with E-state index in [9.17, 15) is 4.79 Å². The van der Waals surface area contributed by atoms with Crippen molar-refractivity contribution < 1.29 is 9.90 Å². The van der Waals surface area contributed by atoms with Gasteiger partial charge in [0.2, 0.25) is 0 Å². The molecule has 0 aliphatic heterocycles. The van der Waals surface area contributed by atoms with Gasteiger partial charge in [-0.2, -0.15) is 11.3 Å². The smallest absolute Gasteiger partial charge is 0.303 e. The first-order chi connectivity index (χ1) is 8.16. The van der Waals surface area contributed by atoms with E-state index in [1.807, 2.05) is 23.8 Å². The van der Waals surface area contributed by atoms with E-state index in [1.54, 1.807) is 16.0 Å². The molecule has 0 amide bonds. The van der Waals surface area contributed by atoms with Gasteiger partial charge in [-0.05, 0) is 27.8 Å². The normalized spacial score (nSPS) is 12.5. The largest absolute Gasteiger partial charge is 0.481 e. The Morgan fingerprint density at radius 2 is 2.47 bits per heavy atom. The van der Waals surface area contributed by atoms with Crippen molar-refractivity contribution in [2.24, 2.45) is 5.92 Å². The molecule has 2 heterocycles. The highest BCUT2D eigenvalue weighted by Gasteiger charge is 2.14. The molecule has 0 spiro atoms. The lowest BCUT2D eigenvalue weighted by atomic mass is 10.1. The summed E-state index contributed by atoms with van der Waals surface area (Å²) in [5.41, 5.74) is 0.961. The predicted octanol–water partition coefficient (Wildman–Crippen LogP) is 1.51. The van der Waals surface area contributed by atoms with Gasteiger partial charge in [-0.25, -0.2) is 4.68 Å². The highest BCUT2D eigenvalue weighted by atomic mass is 32.1. The van der Waals surface area contributed by atoms with Crippen molar-refractivity contribution in [3.63, 3.8) is 0 Å². The Bertz CT molecular complexity index is 494. The van der Waals surface area contributed by atoms with Crippen LogP contribution in [0.5, 0.6) is 0 Å². The third-order valence-corrected chi connectivity index (χ3v) is 3.00. The number of thiophene rings is 1. The van der Waals surface area contributed by atoms with Gasteiger partial charge >= 0.3 is 5.97 Å². The van der Waals surface area contributed by atoms with Crippen LogP contribution in [0.4, 0.5) is 0 Å². The van der Waals surface area contributed by atoms with Crippen molar-refractivity contribution >= 4 is 17.3 Å². The Balaban J connectivity index is 2.12. The second-order valence-corrected chi connectivity index (χ2v) is 4.68. The Hall–Kier alpha value is -1.76. The molecule has 2 aromatic rings. The molecule has 0 bridgehead atoms. The Morgan fingerprint density at radius 1 is 1.65 bits per heavy atom. The molecule has 0 radical (unpaired) electrons. The Morgan fingerprint density at radius 3 is 3.12 bits per heavy atom. The molecular weight excluding hydrogens is 240 g/mol. The van der Waals surface area contributed by atoms with Gasteiger partial charge in [0.15, 0.2) is 5.82 Å². The minimum Gasteiger partial charge on any atom is -0.481 e. The number of carboxylic acid groups (broad SMARTS) is 1. The summed E-state index contributed by atoms with van der Waals surface area (Å²) in [5, 5.41) is 24.1. The van der Waals surface area contributed by atoms with Crippen LogP contribution in [0, 0.1) is 5.92 Å². The first-order valence-corrected chi connectivity index (χ1v) is 6.11. The van der Waals surface area contributed by atoms with Crippen LogP contribution in [0.15, 0.2) is 16.8 Å². The number of aromatic nitrogens is 4. The quantitative estimate of drug-likeness (QED) is 0.872. The Labute approximate surface area is 102 Å². The fraction of sp³-hybridized carbons (Fsp3) is 0.400. The van der Waals surface area contributed by atoms with Crippen molar-refractivity contribution in [3.05, 3.63) is 16.8 Å². The molecule has 6 nitrogen and oxygen atoms in total. The monoisotopic (exact) mass is 252 g/mol. The van der Waals surface area contributed by atoms with E-state index in [4.69, 9.17) is 5.11 Å². The first-order valence-electron chi connectivity index (χ1n) is 5.17. The highest BCUT2D eigenvalue weighted by Crippen LogP contribution is 2.19. The highest BCUT2D eigenvalue weighted by molar-refractivity contribution is 7.08. The van der Waals surface area contributed by atoms with Crippen molar-refractivity contribution in [3.8, 4) is 11.4 Å². The molecule has 2 aromatic heterocycles. The van der Waals surface area contributed by atoms with Gasteiger partial charge in [-0.15, -0.1) is 5.10 Å². The summed E-state index contributed by atoms with van der Waals surface area (Å²) in [7, 11) is 0. The number of carboxylic acids is 1. The van der Waals surface area contributed by atoms with Gasteiger partial charge < -0.3 is 5.11 Å². The summed E-state index contributed by atoms with van der Waals surface area (Å²) >= 11 is 1.57. The molecule has 1 atom stereocenters. The van der Waals surface area contributed by atoms with Crippen LogP contribution in [0.1, 0.15) is 13.3 Å². The third-order valence-electron chi connectivity index (χ3n) is 2.32. The lowest BCUT2D eigenvalue weighted by Crippen LogP contribution is -2.14. The predicted molar refractivity (Wildman–Crippen MR) is 62.5 cm³/mol. The van der Waals surface area contributed by atoms with Crippen LogP contribution in [-0.2, 0) is 11.3 Å². The van der Waals surface area contributed by atoms with Crippen molar-refractivity contribution in [1.29, 1.82) is 0 Å². The fourth-order valence-electron chi connectivity index (χ4n) is 1.58. The van der Waals surface area contributed by atoms with Crippen LogP contribution in [-0.4, -0.2) is 31.3 Å². The average molecular weight is 252 g/mol. The number of rotatable bonds is 5. The molecule has 90 valence electrons. The number of hydrogen-bond donors (Lipinski definition) is 1. The zero-order valence-electron chi connectivity index (χ0n) is 9.28. The molecule has 0 fully saturated rings. The fourth-order valence-corrected chi connectivity index (χ4v) is 2.22. The summed E-state index contributed by atoms with van der Waals surface area (Å²) in [6.07, 6.45) is 0.114. The van der Waals surface area contributed by atoms with Gasteiger partial charge in [-0.3, -0.25) is 4.79 Å². The first kappa shape index (κ1) is 11.7. The second kappa shape index (κ2) is 5.05. The lowest BCUT2D eigenvalue weighted by Gasteiger charge is -2.09. The summed E-state index contributed by atoms with van der Waals surface area (Å²) in [6.45, 7) is 2.37. The molecule has 0 aromatic carbocycles. The molecule has 1 N–H and O–H groups in total. The number of carbonyl (C=O) groups is 1. The molecule has 17 heavy (non-hydrogen) atoms. The maximum Gasteiger partial charge on any atom is 0.303 e. The topological polar surface area (TPSA) is 80.9 Å². The molecule has 2 rings (SSSR count). The molecule has 0 aliphatic rings. The van der Waals surface area contributed by atoms with Crippen LogP contribution in [0.2, 0.25) is 0 Å². The van der Waals surface area contributed by atoms with E-state index in [-0.39, 0.29) is 12.3 Å². The van der Waals surface area contributed by atoms with E-state index in [2.05, 4.69) is 15.5 Å². The molecule has 0 saturated heterocycles. The summed E-state index contributed by atoms with van der Waals surface area (Å²) in [4.78, 5) is 10.6. The SMILES string of the molecule is CC(CC(=O)O)Cn1nnnc1-c1ccsc1. The van der Waals surface area contributed by atoms with Crippen molar-refractivity contribution in [2.75, 3.05) is 0 Å². The Kier molecular flexibility index (Phi) is 3.48. The van der Waals surface area contributed by atoms with E-state index in [0.29, 0.717) is 12.4 Å². The zero-order chi connectivity index (χ0) is 12.3. The third kappa shape index (κ3) is 2.88. The molecular formula is C10H12N4O2S. The number of nitrogens with zero attached hydrogens (tertiary/aromatic N) is 4. The minimum atomic E-state index is -0.803. The average Bonchev–Trinajstić information content (AvgIpc) is 2.84. The minimum absolute atomic E-state index is 0.00612. The lowest BCUT2D eigenvalue weighted by molar-refractivity contribution is -0.138. The van der Waals surface area contributed by atoms with Crippen LogP contribution >= 0.6 is 11.3 Å². The number of hydrogen-bond acceptors (Lipinski definition) is 5. The van der Waals surface area contributed by atoms with Gasteiger partial charge in [0.25, 0.3) is 0 Å². The van der Waals surface area contributed by atoms with Gasteiger partial charge in [0, 0.05) is 23.9 Å². The number of aliphatic carboxylic acids is 1. The molecule has 0 saturated carbocycles. The van der Waals surface area contributed by atoms with E-state index < -0.39 is 5.97 Å². The summed E-state index contributed by atoms with van der Waals surface area (Å²) < 4.78 is 1.65. The standard InChI is InChI=1S/C10H12N4O2S/c1-7(4-9(15)16)5-14-10(11-12-13-14)8-2-3-17-6-8/h2-3,6-7H,4-5H2,1H3,(H,15,16). The maximum absolute atomic E-state index is 10.6. The number of tetrazole rings is 1. The van der Waals surface area contributed by atoms with Gasteiger partial charge in [0.05, 0.1) is 0 Å². The van der Waals surface area contributed by atoms with Crippen molar-refractivity contribution in [2.45, 2.75) is 19.9 Å². The van der Waals surface area contributed by atoms with Crippen LogP contribution in [0.3, 0.4) is 0 Å². The van der Waals surface area contributed by atoms with E-state index in [0.717, 1.165) is 5.56 Å². The maximum atomic E-state index is 10.6. The van der Waals surface area contributed by atoms with Gasteiger partial charge in [0.1, 0.15) is 0 Å². The van der Waals surface area contributed by atoms with E-state index in [1.165, 1.54) is 0 Å². The van der Waals surface area contributed by atoms with Crippen LogP contribution in [0.25, 0.3) is 11.4 Å². The van der Waals surface area contributed by atoms with E-state index >= 15 is 0 Å². The summed E-state index contributed by atoms with van der Waals surface area (Å²) in [5.74, 6) is -0.125.